The van der Waals surface area contributed by atoms with Crippen molar-refractivity contribution in [3.8, 4) is 5.75 Å². The molecule has 0 aliphatic rings. The molecule has 0 bridgehead atoms. The first-order valence-corrected chi connectivity index (χ1v) is 6.31. The summed E-state index contributed by atoms with van der Waals surface area (Å²) in [5.74, 6) is 0.191. The van der Waals surface area contributed by atoms with Gasteiger partial charge in [-0.2, -0.15) is 0 Å². The molecule has 2 atom stereocenters. The molecule has 0 saturated heterocycles. The van der Waals surface area contributed by atoms with Gasteiger partial charge in [0.2, 0.25) is 0 Å². The summed E-state index contributed by atoms with van der Waals surface area (Å²) in [7, 11) is 3.11. The molecule has 0 fully saturated rings. The molecule has 0 amide bonds. The molecule has 2 N–H and O–H groups in total. The normalized spacial score (nSPS) is 14.2. The molecule has 108 valence electrons. The maximum Gasteiger partial charge on any atom is 0.131 e. The highest BCUT2D eigenvalue weighted by molar-refractivity contribution is 5.30. The van der Waals surface area contributed by atoms with E-state index in [1.165, 1.54) is 13.2 Å². The summed E-state index contributed by atoms with van der Waals surface area (Å²) in [6, 6.07) is 4.62. The number of aliphatic hydroxyl groups excluding tert-OH is 1. The van der Waals surface area contributed by atoms with Gasteiger partial charge in [0, 0.05) is 37.4 Å². The van der Waals surface area contributed by atoms with Gasteiger partial charge in [0.15, 0.2) is 0 Å². The number of benzene rings is 1. The minimum Gasteiger partial charge on any atom is -0.497 e. The van der Waals surface area contributed by atoms with Gasteiger partial charge in [-0.1, -0.05) is 6.07 Å². The number of hydrogen-bond donors (Lipinski definition) is 2. The lowest BCUT2D eigenvalue weighted by atomic mass is 10.1. The summed E-state index contributed by atoms with van der Waals surface area (Å²) < 4.78 is 24.0. The first-order valence-electron chi connectivity index (χ1n) is 6.31. The van der Waals surface area contributed by atoms with E-state index in [9.17, 15) is 4.39 Å². The predicted octanol–water partition coefficient (Wildman–Crippen LogP) is 1.88. The maximum atomic E-state index is 13.9. The van der Waals surface area contributed by atoms with Crippen LogP contribution in [-0.2, 0) is 4.74 Å². The van der Waals surface area contributed by atoms with Gasteiger partial charge in [-0.05, 0) is 19.4 Å². The molecule has 0 radical (unpaired) electrons. The Morgan fingerprint density at radius 1 is 1.37 bits per heavy atom. The highest BCUT2D eigenvalue weighted by Gasteiger charge is 2.16. The molecule has 1 rings (SSSR count). The van der Waals surface area contributed by atoms with E-state index < -0.39 is 0 Å². The number of aliphatic hydroxyl groups is 1. The van der Waals surface area contributed by atoms with E-state index >= 15 is 0 Å². The molecular weight excluding hydrogens is 249 g/mol. The summed E-state index contributed by atoms with van der Waals surface area (Å²) in [5, 5.41) is 12.2. The van der Waals surface area contributed by atoms with E-state index in [1.807, 2.05) is 6.92 Å². The molecule has 1 aromatic carbocycles. The second-order valence-electron chi connectivity index (χ2n) is 4.44. The molecular formula is C14H22FNO3. The van der Waals surface area contributed by atoms with E-state index in [0.717, 1.165) is 0 Å². The van der Waals surface area contributed by atoms with Crippen LogP contribution in [0.25, 0.3) is 0 Å². The van der Waals surface area contributed by atoms with Crippen molar-refractivity contribution in [2.75, 3.05) is 27.4 Å². The zero-order valence-corrected chi connectivity index (χ0v) is 11.6. The van der Waals surface area contributed by atoms with Crippen molar-refractivity contribution in [1.82, 2.24) is 5.32 Å². The van der Waals surface area contributed by atoms with E-state index in [2.05, 4.69) is 5.32 Å². The van der Waals surface area contributed by atoms with Crippen molar-refractivity contribution in [2.24, 2.45) is 0 Å². The largest absolute Gasteiger partial charge is 0.497 e. The standard InChI is InChI=1S/C14H22FNO3/c1-10(16-11(6-7-17)9-18-2)13-5-4-12(19-3)8-14(13)15/h4-5,8,10-11,16-17H,6-7,9H2,1-3H3. The molecule has 2 unspecified atom stereocenters. The Morgan fingerprint density at radius 3 is 2.63 bits per heavy atom. The molecule has 0 spiro atoms. The second kappa shape index (κ2) is 8.09. The lowest BCUT2D eigenvalue weighted by Crippen LogP contribution is -2.36. The van der Waals surface area contributed by atoms with Crippen molar-refractivity contribution in [2.45, 2.75) is 25.4 Å². The summed E-state index contributed by atoms with van der Waals surface area (Å²) in [5.41, 5.74) is 0.569. The average Bonchev–Trinajstić information content (AvgIpc) is 2.38. The molecule has 0 saturated carbocycles. The van der Waals surface area contributed by atoms with Gasteiger partial charge in [-0.3, -0.25) is 0 Å². The molecule has 4 nitrogen and oxygen atoms in total. The summed E-state index contributed by atoms with van der Waals surface area (Å²) in [6.07, 6.45) is 0.565. The summed E-state index contributed by atoms with van der Waals surface area (Å²) >= 11 is 0. The fourth-order valence-corrected chi connectivity index (χ4v) is 2.00. The monoisotopic (exact) mass is 271 g/mol. The van der Waals surface area contributed by atoms with Crippen LogP contribution < -0.4 is 10.1 Å². The smallest absolute Gasteiger partial charge is 0.131 e. The number of methoxy groups -OCH3 is 2. The number of ether oxygens (including phenoxy) is 2. The number of rotatable bonds is 8. The van der Waals surface area contributed by atoms with Gasteiger partial charge in [0.25, 0.3) is 0 Å². The van der Waals surface area contributed by atoms with Crippen LogP contribution in [0.4, 0.5) is 4.39 Å². The molecule has 0 aliphatic heterocycles. The predicted molar refractivity (Wildman–Crippen MR) is 71.9 cm³/mol. The first kappa shape index (κ1) is 15.9. The van der Waals surface area contributed by atoms with Crippen molar-refractivity contribution >= 4 is 0 Å². The van der Waals surface area contributed by atoms with E-state index in [1.54, 1.807) is 19.2 Å². The highest BCUT2D eigenvalue weighted by Crippen LogP contribution is 2.22. The minimum atomic E-state index is -0.306. The van der Waals surface area contributed by atoms with Crippen molar-refractivity contribution in [1.29, 1.82) is 0 Å². The lowest BCUT2D eigenvalue weighted by Gasteiger charge is -2.23. The fourth-order valence-electron chi connectivity index (χ4n) is 2.00. The van der Waals surface area contributed by atoms with Crippen molar-refractivity contribution < 1.29 is 19.0 Å². The zero-order chi connectivity index (χ0) is 14.3. The number of nitrogens with one attached hydrogen (secondary N) is 1. The Labute approximate surface area is 113 Å². The molecule has 5 heteroatoms. The third-order valence-corrected chi connectivity index (χ3v) is 3.01. The van der Waals surface area contributed by atoms with Crippen LogP contribution in [0.15, 0.2) is 18.2 Å². The average molecular weight is 271 g/mol. The van der Waals surface area contributed by atoms with Crippen LogP contribution in [-0.4, -0.2) is 38.6 Å². The maximum absolute atomic E-state index is 13.9. The third kappa shape index (κ3) is 4.78. The van der Waals surface area contributed by atoms with E-state index in [0.29, 0.717) is 24.3 Å². The van der Waals surface area contributed by atoms with Gasteiger partial charge in [-0.25, -0.2) is 4.39 Å². The number of halogens is 1. The fraction of sp³-hybridized carbons (Fsp3) is 0.571. The van der Waals surface area contributed by atoms with Crippen LogP contribution in [0.1, 0.15) is 24.9 Å². The second-order valence-corrected chi connectivity index (χ2v) is 4.44. The minimum absolute atomic E-state index is 0.00787. The number of hydrogen-bond acceptors (Lipinski definition) is 4. The van der Waals surface area contributed by atoms with Crippen molar-refractivity contribution in [3.05, 3.63) is 29.6 Å². The SMILES string of the molecule is COCC(CCO)NC(C)c1ccc(OC)cc1F. The Balaban J connectivity index is 2.73. The topological polar surface area (TPSA) is 50.7 Å². The van der Waals surface area contributed by atoms with Gasteiger partial charge in [-0.15, -0.1) is 0 Å². The van der Waals surface area contributed by atoms with Crippen LogP contribution in [0.5, 0.6) is 5.75 Å². The Morgan fingerprint density at radius 2 is 2.11 bits per heavy atom. The van der Waals surface area contributed by atoms with Crippen LogP contribution in [0, 0.1) is 5.82 Å². The van der Waals surface area contributed by atoms with Crippen LogP contribution in [0.3, 0.4) is 0 Å². The Hall–Kier alpha value is -1.17. The molecule has 19 heavy (non-hydrogen) atoms. The Kier molecular flexibility index (Phi) is 6.77. The van der Waals surface area contributed by atoms with Gasteiger partial charge < -0.3 is 19.9 Å². The van der Waals surface area contributed by atoms with E-state index in [-0.39, 0.29) is 24.5 Å². The van der Waals surface area contributed by atoms with Crippen LogP contribution >= 0.6 is 0 Å². The first-order chi connectivity index (χ1) is 9.12. The third-order valence-electron chi connectivity index (χ3n) is 3.01. The highest BCUT2D eigenvalue weighted by atomic mass is 19.1. The summed E-state index contributed by atoms with van der Waals surface area (Å²) in [6.45, 7) is 2.42. The zero-order valence-electron chi connectivity index (χ0n) is 11.6. The Bertz CT molecular complexity index is 381. The molecule has 0 aliphatic carbocycles. The van der Waals surface area contributed by atoms with Crippen LogP contribution in [0.2, 0.25) is 0 Å². The lowest BCUT2D eigenvalue weighted by molar-refractivity contribution is 0.143. The molecule has 0 aromatic heterocycles. The quantitative estimate of drug-likeness (QED) is 0.758. The van der Waals surface area contributed by atoms with E-state index in [4.69, 9.17) is 14.6 Å². The van der Waals surface area contributed by atoms with Crippen molar-refractivity contribution in [3.63, 3.8) is 0 Å². The summed E-state index contributed by atoms with van der Waals surface area (Å²) in [4.78, 5) is 0. The van der Waals surface area contributed by atoms with Gasteiger partial charge >= 0.3 is 0 Å². The molecule has 1 aromatic rings. The van der Waals surface area contributed by atoms with Gasteiger partial charge in [0.1, 0.15) is 11.6 Å². The molecule has 0 heterocycles. The van der Waals surface area contributed by atoms with Gasteiger partial charge in [0.05, 0.1) is 13.7 Å².